The van der Waals surface area contributed by atoms with E-state index in [1.807, 2.05) is 36.4 Å². The highest BCUT2D eigenvalue weighted by Gasteiger charge is 2.16. The lowest BCUT2D eigenvalue weighted by Gasteiger charge is -1.95. The molecule has 2 heterocycles. The van der Waals surface area contributed by atoms with Crippen molar-refractivity contribution in [3.8, 4) is 22.9 Å². The van der Waals surface area contributed by atoms with Crippen molar-refractivity contribution in [2.24, 2.45) is 0 Å². The highest BCUT2D eigenvalue weighted by molar-refractivity contribution is 6.30. The molecule has 0 bridgehead atoms. The van der Waals surface area contributed by atoms with Gasteiger partial charge in [-0.15, -0.1) is 0 Å². The minimum Gasteiger partial charge on any atom is -0.454 e. The Bertz CT molecular complexity index is 724. The maximum Gasteiger partial charge on any atom is 0.231 e. The zero-order chi connectivity index (χ0) is 12.8. The maximum absolute atomic E-state index is 5.88. The number of aromatic nitrogens is 2. The van der Waals surface area contributed by atoms with E-state index >= 15 is 0 Å². The van der Waals surface area contributed by atoms with Crippen LogP contribution in [0.25, 0.3) is 22.4 Å². The van der Waals surface area contributed by atoms with Crippen molar-refractivity contribution < 1.29 is 9.47 Å². The summed E-state index contributed by atoms with van der Waals surface area (Å²) in [4.78, 5) is 7.83. The Balaban J connectivity index is 1.86. The number of H-pyrrole nitrogens is 1. The third-order valence-corrected chi connectivity index (χ3v) is 3.35. The van der Waals surface area contributed by atoms with E-state index in [1.54, 1.807) is 0 Å². The molecule has 0 saturated heterocycles. The molecular formula is C14H9ClN2O2. The molecule has 1 aliphatic heterocycles. The molecule has 0 atom stereocenters. The number of rotatable bonds is 1. The first-order valence-electron chi connectivity index (χ1n) is 5.85. The lowest BCUT2D eigenvalue weighted by atomic mass is 10.2. The predicted octanol–water partition coefficient (Wildman–Crippen LogP) is 3.61. The molecule has 1 aliphatic rings. The maximum atomic E-state index is 5.88. The largest absolute Gasteiger partial charge is 0.454 e. The number of aromatic amines is 1. The van der Waals surface area contributed by atoms with E-state index in [2.05, 4.69) is 9.97 Å². The lowest BCUT2D eigenvalue weighted by Crippen LogP contribution is -1.92. The molecule has 0 amide bonds. The summed E-state index contributed by atoms with van der Waals surface area (Å²) < 4.78 is 10.7. The van der Waals surface area contributed by atoms with Gasteiger partial charge in [0.15, 0.2) is 11.5 Å². The number of halogens is 1. The summed E-state index contributed by atoms with van der Waals surface area (Å²) in [6.45, 7) is 0.270. The van der Waals surface area contributed by atoms with Gasteiger partial charge in [0.05, 0.1) is 11.0 Å². The van der Waals surface area contributed by atoms with E-state index in [0.29, 0.717) is 5.02 Å². The van der Waals surface area contributed by atoms with Crippen LogP contribution in [0.15, 0.2) is 36.4 Å². The van der Waals surface area contributed by atoms with Crippen LogP contribution in [0.2, 0.25) is 5.02 Å². The van der Waals surface area contributed by atoms with Gasteiger partial charge in [-0.25, -0.2) is 4.98 Å². The van der Waals surface area contributed by atoms with Gasteiger partial charge in [0, 0.05) is 22.7 Å². The van der Waals surface area contributed by atoms with Gasteiger partial charge < -0.3 is 14.5 Å². The molecule has 1 N–H and O–H groups in total. The van der Waals surface area contributed by atoms with E-state index in [0.717, 1.165) is 33.9 Å². The second-order valence-corrected chi connectivity index (χ2v) is 4.75. The van der Waals surface area contributed by atoms with Crippen LogP contribution in [-0.2, 0) is 0 Å². The van der Waals surface area contributed by atoms with E-state index in [-0.39, 0.29) is 6.79 Å². The average Bonchev–Trinajstić information content (AvgIpc) is 3.01. The average molecular weight is 273 g/mol. The lowest BCUT2D eigenvalue weighted by molar-refractivity contribution is 0.174. The number of nitrogens with zero attached hydrogens (tertiary/aromatic N) is 1. The topological polar surface area (TPSA) is 47.1 Å². The zero-order valence-electron chi connectivity index (χ0n) is 9.81. The van der Waals surface area contributed by atoms with Gasteiger partial charge in [-0.05, 0) is 24.3 Å². The van der Waals surface area contributed by atoms with Crippen LogP contribution in [0.1, 0.15) is 0 Å². The molecule has 0 spiro atoms. The summed E-state index contributed by atoms with van der Waals surface area (Å²) >= 11 is 5.88. The number of nitrogens with one attached hydrogen (secondary N) is 1. The monoisotopic (exact) mass is 272 g/mol. The molecule has 4 nitrogen and oxygen atoms in total. The SMILES string of the molecule is Clc1ccc(-c2nc3cc4c(cc3[nH]2)OCO4)cc1. The molecular weight excluding hydrogens is 264 g/mol. The molecule has 0 saturated carbocycles. The van der Waals surface area contributed by atoms with Crippen molar-refractivity contribution in [3.05, 3.63) is 41.4 Å². The van der Waals surface area contributed by atoms with Crippen LogP contribution in [0.5, 0.6) is 11.5 Å². The van der Waals surface area contributed by atoms with E-state index in [1.165, 1.54) is 0 Å². The van der Waals surface area contributed by atoms with Gasteiger partial charge in [-0.3, -0.25) is 0 Å². The van der Waals surface area contributed by atoms with Crippen LogP contribution < -0.4 is 9.47 Å². The van der Waals surface area contributed by atoms with Gasteiger partial charge in [0.1, 0.15) is 5.82 Å². The third-order valence-electron chi connectivity index (χ3n) is 3.09. The number of benzene rings is 2. The first kappa shape index (κ1) is 10.7. The Morgan fingerprint density at radius 2 is 1.79 bits per heavy atom. The van der Waals surface area contributed by atoms with Crippen molar-refractivity contribution in [1.29, 1.82) is 0 Å². The van der Waals surface area contributed by atoms with Crippen LogP contribution in [0.4, 0.5) is 0 Å². The van der Waals surface area contributed by atoms with Crippen LogP contribution in [0.3, 0.4) is 0 Å². The number of hydrogen-bond acceptors (Lipinski definition) is 3. The van der Waals surface area contributed by atoms with Gasteiger partial charge in [0.25, 0.3) is 0 Å². The fourth-order valence-corrected chi connectivity index (χ4v) is 2.27. The molecule has 94 valence electrons. The molecule has 4 rings (SSSR count). The third kappa shape index (κ3) is 1.72. The second kappa shape index (κ2) is 3.90. The minimum absolute atomic E-state index is 0.270. The quantitative estimate of drug-likeness (QED) is 0.736. The normalized spacial score (nSPS) is 13.1. The van der Waals surface area contributed by atoms with Crippen molar-refractivity contribution in [2.45, 2.75) is 0 Å². The van der Waals surface area contributed by atoms with E-state index in [4.69, 9.17) is 21.1 Å². The smallest absolute Gasteiger partial charge is 0.231 e. The molecule has 0 fully saturated rings. The molecule has 19 heavy (non-hydrogen) atoms. The van der Waals surface area contributed by atoms with Crippen LogP contribution >= 0.6 is 11.6 Å². The molecule has 3 aromatic rings. The minimum atomic E-state index is 0.270. The summed E-state index contributed by atoms with van der Waals surface area (Å²) in [6, 6.07) is 11.3. The number of imidazole rings is 1. The molecule has 1 aromatic heterocycles. The van der Waals surface area contributed by atoms with Gasteiger partial charge in [-0.1, -0.05) is 11.6 Å². The summed E-state index contributed by atoms with van der Waals surface area (Å²) in [5, 5.41) is 0.709. The zero-order valence-corrected chi connectivity index (χ0v) is 10.6. The first-order chi connectivity index (χ1) is 9.29. The van der Waals surface area contributed by atoms with Gasteiger partial charge in [-0.2, -0.15) is 0 Å². The van der Waals surface area contributed by atoms with Gasteiger partial charge >= 0.3 is 0 Å². The summed E-state index contributed by atoms with van der Waals surface area (Å²) in [5.41, 5.74) is 2.77. The number of ether oxygens (including phenoxy) is 2. The fourth-order valence-electron chi connectivity index (χ4n) is 2.14. The Morgan fingerprint density at radius 1 is 1.05 bits per heavy atom. The molecule has 0 unspecified atom stereocenters. The second-order valence-electron chi connectivity index (χ2n) is 4.31. The van der Waals surface area contributed by atoms with Crippen molar-refractivity contribution >= 4 is 22.6 Å². The van der Waals surface area contributed by atoms with Crippen molar-refractivity contribution in [1.82, 2.24) is 9.97 Å². The van der Waals surface area contributed by atoms with Crippen molar-refractivity contribution in [2.75, 3.05) is 6.79 Å². The standard InChI is InChI=1S/C14H9ClN2O2/c15-9-3-1-8(2-4-9)14-16-10-5-12-13(19-7-18-12)6-11(10)17-14/h1-6H,7H2,(H,16,17). The molecule has 0 radical (unpaired) electrons. The first-order valence-corrected chi connectivity index (χ1v) is 6.23. The summed E-state index contributed by atoms with van der Waals surface area (Å²) in [6.07, 6.45) is 0. The van der Waals surface area contributed by atoms with E-state index < -0.39 is 0 Å². The van der Waals surface area contributed by atoms with Crippen LogP contribution in [0, 0.1) is 0 Å². The summed E-state index contributed by atoms with van der Waals surface area (Å²) in [5.74, 6) is 2.29. The Kier molecular flexibility index (Phi) is 2.19. The Hall–Kier alpha value is -2.20. The molecule has 0 aliphatic carbocycles. The highest BCUT2D eigenvalue weighted by Crippen LogP contribution is 2.36. The predicted molar refractivity (Wildman–Crippen MR) is 72.7 cm³/mol. The number of hydrogen-bond donors (Lipinski definition) is 1. The Morgan fingerprint density at radius 3 is 2.58 bits per heavy atom. The van der Waals surface area contributed by atoms with Crippen molar-refractivity contribution in [3.63, 3.8) is 0 Å². The summed E-state index contributed by atoms with van der Waals surface area (Å²) in [7, 11) is 0. The van der Waals surface area contributed by atoms with E-state index in [9.17, 15) is 0 Å². The molecule has 5 heteroatoms. The Labute approximate surface area is 113 Å². The van der Waals surface area contributed by atoms with Gasteiger partial charge in [0.2, 0.25) is 6.79 Å². The highest BCUT2D eigenvalue weighted by atomic mass is 35.5. The molecule has 2 aromatic carbocycles. The number of fused-ring (bicyclic) bond motifs is 2. The fraction of sp³-hybridized carbons (Fsp3) is 0.0714. The van der Waals surface area contributed by atoms with Crippen LogP contribution in [-0.4, -0.2) is 16.8 Å².